The lowest BCUT2D eigenvalue weighted by molar-refractivity contribution is 0.253. The number of hydrogen-bond donors (Lipinski definition) is 1. The first kappa shape index (κ1) is 12.6. The fourth-order valence-electron chi connectivity index (χ4n) is 2.23. The Morgan fingerprint density at radius 2 is 2.27 bits per heavy atom. The van der Waals surface area contributed by atoms with Gasteiger partial charge in [-0.15, -0.1) is 12.3 Å². The molecule has 1 saturated carbocycles. The molecule has 1 unspecified atom stereocenters. The van der Waals surface area contributed by atoms with Gasteiger partial charge in [0.1, 0.15) is 0 Å². The van der Waals surface area contributed by atoms with Crippen LogP contribution in [-0.4, -0.2) is 12.6 Å². The van der Waals surface area contributed by atoms with E-state index in [2.05, 4.69) is 18.2 Å². The molecule has 1 N–H and O–H groups in total. The second kappa shape index (κ2) is 7.77. The lowest BCUT2D eigenvalue weighted by Crippen LogP contribution is -2.33. The number of rotatable bonds is 8. The normalized spacial score (nSPS) is 18.1. The first-order chi connectivity index (χ1) is 7.36. The van der Waals surface area contributed by atoms with Crippen molar-refractivity contribution >= 4 is 0 Å². The smallest absolute Gasteiger partial charge is 0.00866 e. The highest BCUT2D eigenvalue weighted by Crippen LogP contribution is 2.31. The summed E-state index contributed by atoms with van der Waals surface area (Å²) < 4.78 is 0. The largest absolute Gasteiger partial charge is 0.314 e. The van der Waals surface area contributed by atoms with E-state index < -0.39 is 0 Å². The summed E-state index contributed by atoms with van der Waals surface area (Å²) in [7, 11) is 0. The van der Waals surface area contributed by atoms with Crippen LogP contribution in [0, 0.1) is 18.3 Å². The van der Waals surface area contributed by atoms with Crippen LogP contribution in [0.25, 0.3) is 0 Å². The zero-order valence-corrected chi connectivity index (χ0v) is 10.1. The van der Waals surface area contributed by atoms with E-state index in [9.17, 15) is 0 Å². The third-order valence-electron chi connectivity index (χ3n) is 3.40. The van der Waals surface area contributed by atoms with Crippen LogP contribution in [0.2, 0.25) is 0 Å². The fourth-order valence-corrected chi connectivity index (χ4v) is 2.23. The molecule has 0 aromatic heterocycles. The Kier molecular flexibility index (Phi) is 6.52. The van der Waals surface area contributed by atoms with Crippen molar-refractivity contribution in [3.05, 3.63) is 0 Å². The SMILES string of the molecule is C#CCCCC(CC1CCC1)NCCC. The molecule has 0 spiro atoms. The van der Waals surface area contributed by atoms with E-state index in [1.54, 1.807) is 0 Å². The Morgan fingerprint density at radius 3 is 2.80 bits per heavy atom. The first-order valence-electron chi connectivity index (χ1n) is 6.53. The van der Waals surface area contributed by atoms with E-state index in [0.717, 1.165) is 24.9 Å². The van der Waals surface area contributed by atoms with Gasteiger partial charge in [0.25, 0.3) is 0 Å². The number of nitrogens with one attached hydrogen (secondary N) is 1. The lowest BCUT2D eigenvalue weighted by atomic mass is 9.80. The summed E-state index contributed by atoms with van der Waals surface area (Å²) >= 11 is 0. The minimum Gasteiger partial charge on any atom is -0.314 e. The van der Waals surface area contributed by atoms with E-state index in [-0.39, 0.29) is 0 Å². The van der Waals surface area contributed by atoms with Crippen molar-refractivity contribution in [2.75, 3.05) is 6.54 Å². The molecule has 0 aliphatic heterocycles. The first-order valence-corrected chi connectivity index (χ1v) is 6.53. The maximum Gasteiger partial charge on any atom is 0.00866 e. The highest BCUT2D eigenvalue weighted by atomic mass is 14.9. The van der Waals surface area contributed by atoms with Gasteiger partial charge in [-0.1, -0.05) is 26.2 Å². The van der Waals surface area contributed by atoms with Gasteiger partial charge < -0.3 is 5.32 Å². The van der Waals surface area contributed by atoms with E-state index >= 15 is 0 Å². The fraction of sp³-hybridized carbons (Fsp3) is 0.857. The predicted octanol–water partition coefficient (Wildman–Crippen LogP) is 3.35. The molecule has 86 valence electrons. The van der Waals surface area contributed by atoms with E-state index in [1.165, 1.54) is 44.9 Å². The van der Waals surface area contributed by atoms with E-state index in [1.807, 2.05) is 0 Å². The van der Waals surface area contributed by atoms with Crippen LogP contribution >= 0.6 is 0 Å². The average Bonchev–Trinajstić information content (AvgIpc) is 2.19. The molecule has 0 aromatic carbocycles. The summed E-state index contributed by atoms with van der Waals surface area (Å²) in [4.78, 5) is 0. The average molecular weight is 207 g/mol. The Labute approximate surface area is 95.0 Å². The van der Waals surface area contributed by atoms with Gasteiger partial charge in [-0.25, -0.2) is 0 Å². The quantitative estimate of drug-likeness (QED) is 0.475. The van der Waals surface area contributed by atoms with Gasteiger partial charge >= 0.3 is 0 Å². The number of unbranched alkanes of at least 4 members (excludes halogenated alkanes) is 1. The van der Waals surface area contributed by atoms with Gasteiger partial charge in [-0.3, -0.25) is 0 Å². The summed E-state index contributed by atoms with van der Waals surface area (Å²) in [5.74, 6) is 3.74. The summed E-state index contributed by atoms with van der Waals surface area (Å²) in [5.41, 5.74) is 0. The van der Waals surface area contributed by atoms with Crippen molar-refractivity contribution in [1.29, 1.82) is 0 Å². The molecule has 1 nitrogen and oxygen atoms in total. The van der Waals surface area contributed by atoms with Crippen LogP contribution in [0.5, 0.6) is 0 Å². The standard InChI is InChI=1S/C14H25N/c1-3-5-6-10-14(15-11-4-2)12-13-8-7-9-13/h1,13-15H,4-12H2,2H3. The third-order valence-corrected chi connectivity index (χ3v) is 3.40. The molecule has 0 heterocycles. The van der Waals surface area contributed by atoms with Crippen LogP contribution in [0.3, 0.4) is 0 Å². The molecular formula is C14H25N. The van der Waals surface area contributed by atoms with Gasteiger partial charge in [0.2, 0.25) is 0 Å². The Balaban J connectivity index is 2.14. The van der Waals surface area contributed by atoms with Crippen LogP contribution in [0.1, 0.15) is 58.3 Å². The number of terminal acetylenes is 1. The minimum atomic E-state index is 0.726. The minimum absolute atomic E-state index is 0.726. The van der Waals surface area contributed by atoms with Crippen molar-refractivity contribution in [2.45, 2.75) is 64.3 Å². The molecule has 1 rings (SSSR count). The van der Waals surface area contributed by atoms with Crippen molar-refractivity contribution in [3.8, 4) is 12.3 Å². The molecule has 1 aliphatic carbocycles. The second-order valence-electron chi connectivity index (χ2n) is 4.78. The molecule has 1 aliphatic rings. The van der Waals surface area contributed by atoms with Crippen molar-refractivity contribution < 1.29 is 0 Å². The highest BCUT2D eigenvalue weighted by Gasteiger charge is 2.21. The topological polar surface area (TPSA) is 12.0 Å². The summed E-state index contributed by atoms with van der Waals surface area (Å²) in [6.45, 7) is 3.39. The molecule has 1 fully saturated rings. The van der Waals surface area contributed by atoms with Crippen LogP contribution in [0.15, 0.2) is 0 Å². The zero-order valence-electron chi connectivity index (χ0n) is 10.1. The van der Waals surface area contributed by atoms with Crippen molar-refractivity contribution in [2.24, 2.45) is 5.92 Å². The van der Waals surface area contributed by atoms with Crippen LogP contribution < -0.4 is 5.32 Å². The Bertz CT molecular complexity index is 188. The van der Waals surface area contributed by atoms with Gasteiger partial charge in [0, 0.05) is 12.5 Å². The Morgan fingerprint density at radius 1 is 1.47 bits per heavy atom. The van der Waals surface area contributed by atoms with Gasteiger partial charge in [0.05, 0.1) is 0 Å². The van der Waals surface area contributed by atoms with E-state index in [0.29, 0.717) is 0 Å². The molecule has 1 heteroatoms. The van der Waals surface area contributed by atoms with Crippen LogP contribution in [-0.2, 0) is 0 Å². The predicted molar refractivity (Wildman–Crippen MR) is 66.7 cm³/mol. The summed E-state index contributed by atoms with van der Waals surface area (Å²) in [6.07, 6.45) is 15.7. The molecule has 0 radical (unpaired) electrons. The van der Waals surface area contributed by atoms with Crippen molar-refractivity contribution in [1.82, 2.24) is 5.32 Å². The van der Waals surface area contributed by atoms with Crippen molar-refractivity contribution in [3.63, 3.8) is 0 Å². The molecule has 1 atom stereocenters. The zero-order chi connectivity index (χ0) is 10.9. The number of hydrogen-bond acceptors (Lipinski definition) is 1. The summed E-state index contributed by atoms with van der Waals surface area (Å²) in [5, 5.41) is 3.66. The molecule has 0 aromatic rings. The molecule has 0 amide bonds. The van der Waals surface area contributed by atoms with Gasteiger partial charge in [0.15, 0.2) is 0 Å². The van der Waals surface area contributed by atoms with Crippen LogP contribution in [0.4, 0.5) is 0 Å². The summed E-state index contributed by atoms with van der Waals surface area (Å²) in [6, 6.07) is 0.726. The molecule has 0 bridgehead atoms. The lowest BCUT2D eigenvalue weighted by Gasteiger charge is -2.30. The maximum atomic E-state index is 5.28. The maximum absolute atomic E-state index is 5.28. The monoisotopic (exact) mass is 207 g/mol. The highest BCUT2D eigenvalue weighted by molar-refractivity contribution is 4.84. The second-order valence-corrected chi connectivity index (χ2v) is 4.78. The third kappa shape index (κ3) is 5.23. The van der Waals surface area contributed by atoms with E-state index in [4.69, 9.17) is 6.42 Å². The van der Waals surface area contributed by atoms with Gasteiger partial charge in [-0.2, -0.15) is 0 Å². The van der Waals surface area contributed by atoms with Gasteiger partial charge in [-0.05, 0) is 38.1 Å². The molecule has 15 heavy (non-hydrogen) atoms. The Hall–Kier alpha value is -0.480. The molecular weight excluding hydrogens is 182 g/mol. The molecule has 0 saturated heterocycles.